The molecule has 0 fully saturated rings. The number of aromatic nitrogens is 1. The van der Waals surface area contributed by atoms with Crippen molar-refractivity contribution in [3.8, 4) is 0 Å². The molecular weight excluding hydrogens is 243 g/mol. The van der Waals surface area contributed by atoms with E-state index in [1.165, 1.54) is 30.5 Å². The molecule has 2 aromatic rings. The highest BCUT2D eigenvalue weighted by Gasteiger charge is 2.35. The molecule has 94 valence electrons. The Hall–Kier alpha value is -2.04. The number of rotatable bonds is 2. The highest BCUT2D eigenvalue weighted by molar-refractivity contribution is 6.10. The van der Waals surface area contributed by atoms with E-state index in [1.54, 1.807) is 6.92 Å². The van der Waals surface area contributed by atoms with Gasteiger partial charge in [-0.05, 0) is 19.1 Å². The van der Waals surface area contributed by atoms with Gasteiger partial charge in [-0.1, -0.05) is 18.2 Å². The Kier molecular flexibility index (Phi) is 2.98. The van der Waals surface area contributed by atoms with Crippen molar-refractivity contribution < 1.29 is 18.0 Å². The lowest BCUT2D eigenvalue weighted by molar-refractivity contribution is -0.137. The molecule has 0 atom stereocenters. The van der Waals surface area contributed by atoms with E-state index in [0.717, 1.165) is 11.8 Å². The SMILES string of the molecule is Cc1cc(C(=O)c2ccccc2C(F)(F)F)c[nH]1. The molecule has 18 heavy (non-hydrogen) atoms. The number of carbonyl (C=O) groups is 1. The highest BCUT2D eigenvalue weighted by atomic mass is 19.4. The van der Waals surface area contributed by atoms with E-state index in [9.17, 15) is 18.0 Å². The summed E-state index contributed by atoms with van der Waals surface area (Å²) >= 11 is 0. The summed E-state index contributed by atoms with van der Waals surface area (Å²) in [4.78, 5) is 14.8. The molecule has 1 aromatic heterocycles. The van der Waals surface area contributed by atoms with Crippen molar-refractivity contribution in [1.29, 1.82) is 0 Å². The van der Waals surface area contributed by atoms with Gasteiger partial charge in [0.2, 0.25) is 0 Å². The van der Waals surface area contributed by atoms with Crippen molar-refractivity contribution in [2.24, 2.45) is 0 Å². The van der Waals surface area contributed by atoms with Crippen LogP contribution in [0.4, 0.5) is 13.2 Å². The Morgan fingerprint density at radius 3 is 2.44 bits per heavy atom. The van der Waals surface area contributed by atoms with Crippen molar-refractivity contribution in [1.82, 2.24) is 4.98 Å². The maximum Gasteiger partial charge on any atom is 0.417 e. The average molecular weight is 253 g/mol. The molecule has 0 amide bonds. The predicted molar refractivity (Wildman–Crippen MR) is 60.4 cm³/mol. The summed E-state index contributed by atoms with van der Waals surface area (Å²) in [6.45, 7) is 1.73. The molecule has 2 rings (SSSR count). The molecule has 0 spiro atoms. The third-order valence-corrected chi connectivity index (χ3v) is 2.57. The van der Waals surface area contributed by atoms with Crippen LogP contribution in [-0.4, -0.2) is 10.8 Å². The Morgan fingerprint density at radius 2 is 1.89 bits per heavy atom. The van der Waals surface area contributed by atoms with Gasteiger partial charge in [-0.25, -0.2) is 0 Å². The number of alkyl halides is 3. The zero-order valence-electron chi connectivity index (χ0n) is 9.51. The lowest BCUT2D eigenvalue weighted by Crippen LogP contribution is -2.13. The first-order chi connectivity index (χ1) is 8.39. The number of aromatic amines is 1. The largest absolute Gasteiger partial charge is 0.417 e. The first-order valence-corrected chi connectivity index (χ1v) is 5.25. The maximum absolute atomic E-state index is 12.8. The van der Waals surface area contributed by atoms with Gasteiger partial charge in [0.15, 0.2) is 5.78 Å². The standard InChI is InChI=1S/C13H10F3NO/c1-8-6-9(7-17-8)12(18)10-4-2-3-5-11(10)13(14,15)16/h2-7,17H,1H3. The Bertz CT molecular complexity index is 584. The summed E-state index contributed by atoms with van der Waals surface area (Å²) in [5.41, 5.74) is -0.287. The van der Waals surface area contributed by atoms with E-state index in [4.69, 9.17) is 0 Å². The lowest BCUT2D eigenvalue weighted by Gasteiger charge is -2.10. The summed E-state index contributed by atoms with van der Waals surface area (Å²) in [6.07, 6.45) is -3.12. The van der Waals surface area contributed by atoms with Gasteiger partial charge in [0, 0.05) is 23.0 Å². The van der Waals surface area contributed by atoms with Crippen LogP contribution in [0.25, 0.3) is 0 Å². The fourth-order valence-corrected chi connectivity index (χ4v) is 1.72. The molecule has 1 N–H and O–H groups in total. The fraction of sp³-hybridized carbons (Fsp3) is 0.154. The third-order valence-electron chi connectivity index (χ3n) is 2.57. The van der Waals surface area contributed by atoms with Crippen LogP contribution in [0, 0.1) is 6.92 Å². The van der Waals surface area contributed by atoms with Crippen LogP contribution in [0.15, 0.2) is 36.5 Å². The van der Waals surface area contributed by atoms with Crippen molar-refractivity contribution >= 4 is 5.78 Å². The molecule has 0 bridgehead atoms. The van der Waals surface area contributed by atoms with Crippen molar-refractivity contribution in [2.75, 3.05) is 0 Å². The minimum absolute atomic E-state index is 0.226. The second kappa shape index (κ2) is 4.33. The number of H-pyrrole nitrogens is 1. The Labute approximate surface area is 101 Å². The molecule has 0 aliphatic carbocycles. The molecule has 1 heterocycles. The first kappa shape index (κ1) is 12.4. The smallest absolute Gasteiger partial charge is 0.364 e. The molecule has 0 saturated heterocycles. The van der Waals surface area contributed by atoms with Crippen molar-refractivity contribution in [2.45, 2.75) is 13.1 Å². The minimum atomic E-state index is -4.53. The van der Waals surface area contributed by atoms with Gasteiger partial charge in [0.1, 0.15) is 0 Å². The topological polar surface area (TPSA) is 32.9 Å². The number of hydrogen-bond donors (Lipinski definition) is 1. The number of aryl methyl sites for hydroxylation is 1. The van der Waals surface area contributed by atoms with Crippen molar-refractivity contribution in [3.63, 3.8) is 0 Å². The number of hydrogen-bond acceptors (Lipinski definition) is 1. The van der Waals surface area contributed by atoms with Crippen LogP contribution in [0.5, 0.6) is 0 Å². The van der Waals surface area contributed by atoms with Crippen LogP contribution in [0.3, 0.4) is 0 Å². The van der Waals surface area contributed by atoms with E-state index < -0.39 is 17.5 Å². The predicted octanol–water partition coefficient (Wildman–Crippen LogP) is 3.57. The van der Waals surface area contributed by atoms with Gasteiger partial charge in [0.25, 0.3) is 0 Å². The van der Waals surface area contributed by atoms with E-state index in [-0.39, 0.29) is 11.1 Å². The Morgan fingerprint density at radius 1 is 1.22 bits per heavy atom. The summed E-state index contributed by atoms with van der Waals surface area (Å²) < 4.78 is 38.3. The number of halogens is 3. The number of nitrogens with one attached hydrogen (secondary N) is 1. The normalized spacial score (nSPS) is 11.6. The summed E-state index contributed by atoms with van der Waals surface area (Å²) in [6, 6.07) is 6.31. The molecule has 0 radical (unpaired) electrons. The fourth-order valence-electron chi connectivity index (χ4n) is 1.72. The molecule has 0 saturated carbocycles. The van der Waals surface area contributed by atoms with Crippen LogP contribution >= 0.6 is 0 Å². The van der Waals surface area contributed by atoms with E-state index >= 15 is 0 Å². The zero-order chi connectivity index (χ0) is 13.3. The average Bonchev–Trinajstić information content (AvgIpc) is 2.74. The number of carbonyl (C=O) groups excluding carboxylic acids is 1. The monoisotopic (exact) mass is 253 g/mol. The number of benzene rings is 1. The third kappa shape index (κ3) is 2.30. The molecule has 0 unspecified atom stereocenters. The number of ketones is 1. The van der Waals surface area contributed by atoms with Gasteiger partial charge < -0.3 is 4.98 Å². The summed E-state index contributed by atoms with van der Waals surface area (Å²) in [5.74, 6) is -0.632. The van der Waals surface area contributed by atoms with Gasteiger partial charge >= 0.3 is 6.18 Å². The van der Waals surface area contributed by atoms with E-state index in [0.29, 0.717) is 0 Å². The summed E-state index contributed by atoms with van der Waals surface area (Å²) in [7, 11) is 0. The molecule has 0 aliphatic heterocycles. The molecular formula is C13H10F3NO. The summed E-state index contributed by atoms with van der Waals surface area (Å²) in [5, 5.41) is 0. The van der Waals surface area contributed by atoms with Crippen LogP contribution < -0.4 is 0 Å². The van der Waals surface area contributed by atoms with E-state index in [1.807, 2.05) is 0 Å². The second-order valence-corrected chi connectivity index (χ2v) is 3.94. The highest BCUT2D eigenvalue weighted by Crippen LogP contribution is 2.32. The van der Waals surface area contributed by atoms with Crippen LogP contribution in [0.1, 0.15) is 27.2 Å². The van der Waals surface area contributed by atoms with Gasteiger partial charge in [0.05, 0.1) is 5.56 Å². The van der Waals surface area contributed by atoms with Crippen LogP contribution in [-0.2, 0) is 6.18 Å². The first-order valence-electron chi connectivity index (χ1n) is 5.25. The quantitative estimate of drug-likeness (QED) is 0.815. The van der Waals surface area contributed by atoms with E-state index in [2.05, 4.69) is 4.98 Å². The minimum Gasteiger partial charge on any atom is -0.364 e. The molecule has 5 heteroatoms. The maximum atomic E-state index is 12.8. The van der Waals surface area contributed by atoms with Crippen LogP contribution in [0.2, 0.25) is 0 Å². The van der Waals surface area contributed by atoms with Gasteiger partial charge in [-0.2, -0.15) is 13.2 Å². The van der Waals surface area contributed by atoms with Gasteiger partial charge in [-0.15, -0.1) is 0 Å². The zero-order valence-corrected chi connectivity index (χ0v) is 9.51. The Balaban J connectivity index is 2.49. The second-order valence-electron chi connectivity index (χ2n) is 3.94. The molecule has 1 aromatic carbocycles. The lowest BCUT2D eigenvalue weighted by atomic mass is 9.99. The molecule has 2 nitrogen and oxygen atoms in total. The van der Waals surface area contributed by atoms with Gasteiger partial charge in [-0.3, -0.25) is 4.79 Å². The molecule has 0 aliphatic rings. The van der Waals surface area contributed by atoms with Crippen molar-refractivity contribution in [3.05, 3.63) is 58.9 Å².